The van der Waals surface area contributed by atoms with Gasteiger partial charge in [-0.2, -0.15) is 0 Å². The maximum atomic E-state index is 13.4. The van der Waals surface area contributed by atoms with Crippen LogP contribution in [-0.4, -0.2) is 42.9 Å². The molecule has 2 unspecified atom stereocenters. The van der Waals surface area contributed by atoms with Crippen LogP contribution >= 0.6 is 11.6 Å². The second-order valence-electron chi connectivity index (χ2n) is 7.26. The number of rotatable bonds is 2. The van der Waals surface area contributed by atoms with Gasteiger partial charge in [0, 0.05) is 47.4 Å². The number of hydrogen-bond acceptors (Lipinski definition) is 4. The maximum Gasteiger partial charge on any atom is 0.232 e. The zero-order valence-electron chi connectivity index (χ0n) is 15.2. The van der Waals surface area contributed by atoms with Gasteiger partial charge in [-0.3, -0.25) is 9.59 Å². The molecule has 3 aliphatic rings. The van der Waals surface area contributed by atoms with Crippen molar-refractivity contribution in [2.24, 2.45) is 5.92 Å². The van der Waals surface area contributed by atoms with E-state index in [0.717, 1.165) is 29.7 Å². The molecule has 0 spiro atoms. The zero-order chi connectivity index (χ0) is 19.0. The smallest absolute Gasteiger partial charge is 0.232 e. The van der Waals surface area contributed by atoms with Crippen LogP contribution in [0.5, 0.6) is 0 Å². The van der Waals surface area contributed by atoms with E-state index in [0.29, 0.717) is 43.4 Å². The molecule has 0 aromatic heterocycles. The van der Waals surface area contributed by atoms with Crippen LogP contribution in [0.3, 0.4) is 0 Å². The quantitative estimate of drug-likeness (QED) is 0.848. The lowest BCUT2D eigenvalue weighted by atomic mass is 9.71. The minimum absolute atomic E-state index is 0.000624. The van der Waals surface area contributed by atoms with Crippen LogP contribution < -0.4 is 5.32 Å². The number of amides is 1. The summed E-state index contributed by atoms with van der Waals surface area (Å²) in [6.45, 7) is 6.37. The van der Waals surface area contributed by atoms with Crippen LogP contribution in [-0.2, 0) is 14.3 Å². The number of morpholine rings is 1. The number of nitrogens with zero attached hydrogens (tertiary/aromatic N) is 1. The standard InChI is InChI=1S/C21H23ClN2O3/c1-13-18(21(26)24-9-11-27-12-10-24)19(14-5-7-15(22)8-6-14)20-16(23-13)3-2-4-17(20)25/h5-8,18-19,23H,1-4,9-12H2. The fourth-order valence-electron chi connectivity index (χ4n) is 4.30. The highest BCUT2D eigenvalue weighted by Gasteiger charge is 2.44. The molecule has 0 saturated carbocycles. The van der Waals surface area contributed by atoms with Crippen LogP contribution in [0.2, 0.25) is 5.02 Å². The lowest BCUT2D eigenvalue weighted by Gasteiger charge is -2.41. The number of halogens is 1. The summed E-state index contributed by atoms with van der Waals surface area (Å²) in [4.78, 5) is 28.1. The van der Waals surface area contributed by atoms with E-state index in [2.05, 4.69) is 11.9 Å². The number of Topliss-reactive ketones (excluding diaryl/α,β-unsaturated/α-hetero) is 1. The number of carbonyl (C=O) groups is 2. The fourth-order valence-corrected chi connectivity index (χ4v) is 4.42. The summed E-state index contributed by atoms with van der Waals surface area (Å²) < 4.78 is 5.38. The van der Waals surface area contributed by atoms with Crippen molar-refractivity contribution in [3.63, 3.8) is 0 Å². The van der Waals surface area contributed by atoms with Crippen molar-refractivity contribution in [2.45, 2.75) is 25.2 Å². The van der Waals surface area contributed by atoms with Gasteiger partial charge in [0.25, 0.3) is 0 Å². The Kier molecular flexibility index (Phi) is 5.06. The Hall–Kier alpha value is -2.11. The van der Waals surface area contributed by atoms with Crippen LogP contribution in [0.25, 0.3) is 0 Å². The lowest BCUT2D eigenvalue weighted by molar-refractivity contribution is -0.139. The number of allylic oxidation sites excluding steroid dienone is 2. The van der Waals surface area contributed by atoms with Crippen molar-refractivity contribution in [1.29, 1.82) is 0 Å². The van der Waals surface area contributed by atoms with Gasteiger partial charge >= 0.3 is 0 Å². The van der Waals surface area contributed by atoms with Gasteiger partial charge in [0.2, 0.25) is 5.91 Å². The first-order valence-electron chi connectivity index (χ1n) is 9.40. The Morgan fingerprint density at radius 1 is 1.19 bits per heavy atom. The van der Waals surface area contributed by atoms with Crippen LogP contribution in [0, 0.1) is 5.92 Å². The minimum Gasteiger partial charge on any atom is -0.378 e. The molecule has 1 aromatic carbocycles. The molecule has 2 heterocycles. The Labute approximate surface area is 164 Å². The summed E-state index contributed by atoms with van der Waals surface area (Å²) in [6, 6.07) is 7.45. The van der Waals surface area contributed by atoms with Gasteiger partial charge < -0.3 is 15.0 Å². The van der Waals surface area contributed by atoms with Gasteiger partial charge in [-0.1, -0.05) is 30.3 Å². The molecular weight excluding hydrogens is 364 g/mol. The molecule has 1 fully saturated rings. The van der Waals surface area contributed by atoms with Gasteiger partial charge in [-0.25, -0.2) is 0 Å². The number of benzene rings is 1. The molecule has 1 N–H and O–H groups in total. The maximum absolute atomic E-state index is 13.4. The van der Waals surface area contributed by atoms with Gasteiger partial charge in [-0.05, 0) is 30.5 Å². The molecule has 1 aromatic rings. The molecular formula is C21H23ClN2O3. The summed E-state index contributed by atoms with van der Waals surface area (Å²) >= 11 is 6.07. The van der Waals surface area contributed by atoms with Gasteiger partial charge in [0.1, 0.15) is 0 Å². The van der Waals surface area contributed by atoms with E-state index >= 15 is 0 Å². The van der Waals surface area contributed by atoms with E-state index in [1.807, 2.05) is 29.2 Å². The van der Waals surface area contributed by atoms with Gasteiger partial charge in [0.05, 0.1) is 19.1 Å². The highest BCUT2D eigenvalue weighted by molar-refractivity contribution is 6.30. The third kappa shape index (κ3) is 3.42. The van der Waals surface area contributed by atoms with Crippen LogP contribution in [0.1, 0.15) is 30.7 Å². The number of carbonyl (C=O) groups excluding carboxylic acids is 2. The van der Waals surface area contributed by atoms with Crippen molar-refractivity contribution < 1.29 is 14.3 Å². The fraction of sp³-hybridized carbons (Fsp3) is 0.429. The van der Waals surface area contributed by atoms with E-state index in [9.17, 15) is 9.59 Å². The average Bonchev–Trinajstić information content (AvgIpc) is 2.68. The monoisotopic (exact) mass is 386 g/mol. The van der Waals surface area contributed by atoms with Crippen LogP contribution in [0.4, 0.5) is 0 Å². The van der Waals surface area contributed by atoms with Crippen molar-refractivity contribution in [1.82, 2.24) is 10.2 Å². The SMILES string of the molecule is C=C1NC2=C(C(=O)CCC2)C(c2ccc(Cl)cc2)C1C(=O)N1CCOCC1. The van der Waals surface area contributed by atoms with E-state index < -0.39 is 5.92 Å². The Morgan fingerprint density at radius 3 is 2.59 bits per heavy atom. The first-order valence-corrected chi connectivity index (χ1v) is 9.78. The molecule has 142 valence electrons. The Bertz CT molecular complexity index is 809. The number of nitrogens with one attached hydrogen (secondary N) is 1. The molecule has 1 amide bonds. The summed E-state index contributed by atoms with van der Waals surface area (Å²) in [5.41, 5.74) is 3.25. The summed E-state index contributed by atoms with van der Waals surface area (Å²) in [6.07, 6.45) is 2.16. The molecule has 4 rings (SSSR count). The topological polar surface area (TPSA) is 58.6 Å². The highest BCUT2D eigenvalue weighted by atomic mass is 35.5. The molecule has 1 aliphatic carbocycles. The van der Waals surface area contributed by atoms with E-state index in [4.69, 9.17) is 16.3 Å². The lowest BCUT2D eigenvalue weighted by Crippen LogP contribution is -2.49. The van der Waals surface area contributed by atoms with Crippen molar-refractivity contribution in [2.75, 3.05) is 26.3 Å². The third-order valence-electron chi connectivity index (χ3n) is 5.61. The largest absolute Gasteiger partial charge is 0.378 e. The van der Waals surface area contributed by atoms with Crippen LogP contribution in [0.15, 0.2) is 47.8 Å². The van der Waals surface area contributed by atoms with E-state index in [1.165, 1.54) is 0 Å². The molecule has 0 radical (unpaired) electrons. The number of hydrogen-bond donors (Lipinski definition) is 1. The van der Waals surface area contributed by atoms with Crippen molar-refractivity contribution in [3.05, 3.63) is 58.4 Å². The normalized spacial score (nSPS) is 25.9. The van der Waals surface area contributed by atoms with Gasteiger partial charge in [-0.15, -0.1) is 0 Å². The third-order valence-corrected chi connectivity index (χ3v) is 5.86. The predicted octanol–water partition coefficient (Wildman–Crippen LogP) is 3.02. The van der Waals surface area contributed by atoms with Gasteiger partial charge in [0.15, 0.2) is 5.78 Å². The summed E-state index contributed by atoms with van der Waals surface area (Å²) in [5.74, 6) is -0.712. The molecule has 2 aliphatic heterocycles. The second kappa shape index (κ2) is 7.49. The van der Waals surface area contributed by atoms with Crippen molar-refractivity contribution in [3.8, 4) is 0 Å². The Balaban J connectivity index is 1.79. The average molecular weight is 387 g/mol. The summed E-state index contributed by atoms with van der Waals surface area (Å²) in [7, 11) is 0. The molecule has 6 heteroatoms. The van der Waals surface area contributed by atoms with E-state index in [1.54, 1.807) is 0 Å². The first kappa shape index (κ1) is 18.3. The minimum atomic E-state index is -0.509. The Morgan fingerprint density at radius 2 is 1.89 bits per heavy atom. The molecule has 0 bridgehead atoms. The zero-order valence-corrected chi connectivity index (χ0v) is 15.9. The molecule has 2 atom stereocenters. The summed E-state index contributed by atoms with van der Waals surface area (Å²) in [5, 5.41) is 3.92. The molecule has 5 nitrogen and oxygen atoms in total. The highest BCUT2D eigenvalue weighted by Crippen LogP contribution is 2.44. The molecule has 27 heavy (non-hydrogen) atoms. The number of ketones is 1. The van der Waals surface area contributed by atoms with E-state index in [-0.39, 0.29) is 17.6 Å². The first-order chi connectivity index (χ1) is 13.1. The second-order valence-corrected chi connectivity index (χ2v) is 7.70. The van der Waals surface area contributed by atoms with Crippen molar-refractivity contribution >= 4 is 23.3 Å². The predicted molar refractivity (Wildman–Crippen MR) is 103 cm³/mol. The number of ether oxygens (including phenoxy) is 1. The molecule has 1 saturated heterocycles.